The molecule has 1 unspecified atom stereocenters. The molecule has 19 heavy (non-hydrogen) atoms. The van der Waals surface area contributed by atoms with Gasteiger partial charge in [0, 0.05) is 11.6 Å². The van der Waals surface area contributed by atoms with Crippen LogP contribution in [0.5, 0.6) is 5.75 Å². The highest BCUT2D eigenvalue weighted by atomic mass is 35.5. The van der Waals surface area contributed by atoms with Crippen molar-refractivity contribution in [3.8, 4) is 5.75 Å². The Kier molecular flexibility index (Phi) is 4.04. The molecule has 1 aliphatic carbocycles. The molecule has 1 atom stereocenters. The van der Waals surface area contributed by atoms with Crippen LogP contribution in [0.15, 0.2) is 18.2 Å². The number of halogens is 1. The minimum atomic E-state index is -0.123. The normalized spacial score (nSPS) is 21.9. The molecular formula is C15H20ClNO2. The third-order valence-corrected chi connectivity index (χ3v) is 4.33. The summed E-state index contributed by atoms with van der Waals surface area (Å²) in [6.07, 6.45) is 4.54. The Balaban J connectivity index is 2.10. The first-order valence-corrected chi connectivity index (χ1v) is 7.07. The molecule has 1 aliphatic rings. The van der Waals surface area contributed by atoms with Gasteiger partial charge in [0.05, 0.1) is 5.02 Å². The van der Waals surface area contributed by atoms with E-state index in [1.54, 1.807) is 6.07 Å². The highest BCUT2D eigenvalue weighted by Crippen LogP contribution is 2.35. The van der Waals surface area contributed by atoms with Crippen molar-refractivity contribution in [3.63, 3.8) is 0 Å². The maximum Gasteiger partial charge on any atom is 0.251 e. The first-order valence-electron chi connectivity index (χ1n) is 6.69. The van der Waals surface area contributed by atoms with Crippen LogP contribution in [0, 0.1) is 5.41 Å². The molecule has 2 rings (SSSR count). The molecule has 0 radical (unpaired) electrons. The van der Waals surface area contributed by atoms with Crippen LogP contribution < -0.4 is 5.32 Å². The van der Waals surface area contributed by atoms with Gasteiger partial charge in [0.15, 0.2) is 0 Å². The highest BCUT2D eigenvalue weighted by Gasteiger charge is 2.33. The predicted molar refractivity (Wildman–Crippen MR) is 76.6 cm³/mol. The van der Waals surface area contributed by atoms with Gasteiger partial charge >= 0.3 is 0 Å². The monoisotopic (exact) mass is 281 g/mol. The van der Waals surface area contributed by atoms with Crippen molar-refractivity contribution < 1.29 is 9.90 Å². The van der Waals surface area contributed by atoms with Gasteiger partial charge in [0.25, 0.3) is 5.91 Å². The first kappa shape index (κ1) is 14.2. The fraction of sp³-hybridized carbons (Fsp3) is 0.533. The van der Waals surface area contributed by atoms with Gasteiger partial charge in [-0.3, -0.25) is 4.79 Å². The molecule has 1 fully saturated rings. The van der Waals surface area contributed by atoms with Crippen molar-refractivity contribution in [2.75, 3.05) is 0 Å². The van der Waals surface area contributed by atoms with E-state index in [0.29, 0.717) is 5.56 Å². The Morgan fingerprint density at radius 3 is 2.79 bits per heavy atom. The molecule has 4 heteroatoms. The number of carbonyl (C=O) groups excluding carboxylic acids is 1. The van der Waals surface area contributed by atoms with Crippen LogP contribution in [0.1, 0.15) is 49.9 Å². The third-order valence-electron chi connectivity index (χ3n) is 4.02. The lowest BCUT2D eigenvalue weighted by molar-refractivity contribution is 0.0853. The molecule has 0 heterocycles. The van der Waals surface area contributed by atoms with Crippen LogP contribution in [0.2, 0.25) is 5.02 Å². The molecule has 2 N–H and O–H groups in total. The van der Waals surface area contributed by atoms with E-state index in [2.05, 4.69) is 19.2 Å². The van der Waals surface area contributed by atoms with Gasteiger partial charge in [0.2, 0.25) is 0 Å². The second-order valence-corrected chi connectivity index (χ2v) is 6.33. The number of amides is 1. The van der Waals surface area contributed by atoms with Gasteiger partial charge in [-0.15, -0.1) is 0 Å². The minimum absolute atomic E-state index is 0.00351. The van der Waals surface area contributed by atoms with E-state index in [1.165, 1.54) is 18.6 Å². The fourth-order valence-electron chi connectivity index (χ4n) is 2.65. The molecule has 1 saturated carbocycles. The number of hydrogen-bond donors (Lipinski definition) is 2. The second-order valence-electron chi connectivity index (χ2n) is 5.93. The van der Waals surface area contributed by atoms with Crippen LogP contribution >= 0.6 is 11.6 Å². The Labute approximate surface area is 119 Å². The number of phenols is 1. The smallest absolute Gasteiger partial charge is 0.251 e. The first-order chi connectivity index (χ1) is 8.90. The zero-order chi connectivity index (χ0) is 14.0. The molecule has 3 nitrogen and oxygen atoms in total. The SMILES string of the molecule is CC1(C)CCCCC1NC(=O)c1ccc(O)c(Cl)c1. The van der Waals surface area contributed by atoms with Crippen LogP contribution in [0.3, 0.4) is 0 Å². The number of hydrogen-bond acceptors (Lipinski definition) is 2. The van der Waals surface area contributed by atoms with E-state index >= 15 is 0 Å². The lowest BCUT2D eigenvalue weighted by Gasteiger charge is -2.39. The van der Waals surface area contributed by atoms with Crippen molar-refractivity contribution in [2.24, 2.45) is 5.41 Å². The molecule has 0 bridgehead atoms. The standard InChI is InChI=1S/C15H20ClNO2/c1-15(2)8-4-3-5-13(15)17-14(19)10-6-7-12(18)11(16)9-10/h6-7,9,13,18H,3-5,8H2,1-2H3,(H,17,19). The number of benzene rings is 1. The maximum absolute atomic E-state index is 12.2. The van der Waals surface area contributed by atoms with Gasteiger partial charge in [-0.1, -0.05) is 38.3 Å². The van der Waals surface area contributed by atoms with E-state index in [9.17, 15) is 9.90 Å². The van der Waals surface area contributed by atoms with Gasteiger partial charge < -0.3 is 10.4 Å². The summed E-state index contributed by atoms with van der Waals surface area (Å²) in [5.41, 5.74) is 0.624. The van der Waals surface area contributed by atoms with E-state index in [4.69, 9.17) is 11.6 Å². The third kappa shape index (κ3) is 3.21. The quantitative estimate of drug-likeness (QED) is 0.867. The predicted octanol–water partition coefficient (Wildman–Crippen LogP) is 3.74. The zero-order valence-corrected chi connectivity index (χ0v) is 12.1. The fourth-order valence-corrected chi connectivity index (χ4v) is 2.83. The summed E-state index contributed by atoms with van der Waals surface area (Å²) in [4.78, 5) is 12.2. The lowest BCUT2D eigenvalue weighted by atomic mass is 9.73. The molecule has 0 saturated heterocycles. The van der Waals surface area contributed by atoms with Crippen LogP contribution in [0.4, 0.5) is 0 Å². The number of nitrogens with one attached hydrogen (secondary N) is 1. The summed E-state index contributed by atoms with van der Waals surface area (Å²) >= 11 is 5.83. The Hall–Kier alpha value is -1.22. The van der Waals surface area contributed by atoms with Gasteiger partial charge in [-0.05, 0) is 36.5 Å². The average Bonchev–Trinajstić information content (AvgIpc) is 2.35. The average molecular weight is 282 g/mol. The van der Waals surface area contributed by atoms with Crippen molar-refractivity contribution in [3.05, 3.63) is 28.8 Å². The van der Waals surface area contributed by atoms with E-state index in [1.807, 2.05) is 0 Å². The van der Waals surface area contributed by atoms with Gasteiger partial charge in [-0.25, -0.2) is 0 Å². The summed E-state index contributed by atoms with van der Waals surface area (Å²) in [6, 6.07) is 4.74. The maximum atomic E-state index is 12.2. The van der Waals surface area contributed by atoms with E-state index in [0.717, 1.165) is 19.3 Å². The van der Waals surface area contributed by atoms with Gasteiger partial charge in [0.1, 0.15) is 5.75 Å². The van der Waals surface area contributed by atoms with E-state index < -0.39 is 0 Å². The number of carbonyl (C=O) groups is 1. The molecule has 1 amide bonds. The Morgan fingerprint density at radius 2 is 2.16 bits per heavy atom. The zero-order valence-electron chi connectivity index (χ0n) is 11.4. The van der Waals surface area contributed by atoms with Crippen LogP contribution in [-0.4, -0.2) is 17.1 Å². The summed E-state index contributed by atoms with van der Waals surface area (Å²) in [5.74, 6) is -0.127. The number of phenolic OH excluding ortho intramolecular Hbond substituents is 1. The summed E-state index contributed by atoms with van der Waals surface area (Å²) in [5, 5.41) is 12.7. The van der Waals surface area contributed by atoms with Gasteiger partial charge in [-0.2, -0.15) is 0 Å². The Morgan fingerprint density at radius 1 is 1.42 bits per heavy atom. The lowest BCUT2D eigenvalue weighted by Crippen LogP contribution is -2.46. The molecular weight excluding hydrogens is 262 g/mol. The van der Waals surface area contributed by atoms with Crippen LogP contribution in [-0.2, 0) is 0 Å². The van der Waals surface area contributed by atoms with Crippen molar-refractivity contribution in [1.29, 1.82) is 0 Å². The van der Waals surface area contributed by atoms with E-state index in [-0.39, 0.29) is 28.1 Å². The summed E-state index contributed by atoms with van der Waals surface area (Å²) in [6.45, 7) is 4.39. The minimum Gasteiger partial charge on any atom is -0.506 e. The molecule has 0 spiro atoms. The molecule has 0 aliphatic heterocycles. The van der Waals surface area contributed by atoms with Crippen LogP contribution in [0.25, 0.3) is 0 Å². The topological polar surface area (TPSA) is 49.3 Å². The summed E-state index contributed by atoms with van der Waals surface area (Å²) in [7, 11) is 0. The largest absolute Gasteiger partial charge is 0.506 e. The Bertz CT molecular complexity index is 485. The van der Waals surface area contributed by atoms with Crippen molar-refractivity contribution in [1.82, 2.24) is 5.32 Å². The molecule has 0 aromatic heterocycles. The molecule has 104 valence electrons. The molecule has 1 aromatic carbocycles. The number of aromatic hydroxyl groups is 1. The highest BCUT2D eigenvalue weighted by molar-refractivity contribution is 6.32. The van der Waals surface area contributed by atoms with Crippen molar-refractivity contribution >= 4 is 17.5 Å². The molecule has 1 aromatic rings. The second kappa shape index (κ2) is 5.41. The summed E-state index contributed by atoms with van der Waals surface area (Å²) < 4.78 is 0. The van der Waals surface area contributed by atoms with Crippen molar-refractivity contribution in [2.45, 2.75) is 45.6 Å². The number of rotatable bonds is 2.